The number of nitrogens with one attached hydrogen (secondary N) is 1. The number of hydrogen-bond acceptors (Lipinski definition) is 6. The van der Waals surface area contributed by atoms with Crippen molar-refractivity contribution < 1.29 is 14.6 Å². The Balaban J connectivity index is 1.98. The number of hydrogen-bond donors (Lipinski definition) is 1. The minimum absolute atomic E-state index is 0.140. The molecule has 0 aliphatic rings. The number of aryl methyl sites for hydroxylation is 2. The molecule has 10 nitrogen and oxygen atoms in total. The predicted molar refractivity (Wildman–Crippen MR) is 88.7 cm³/mol. The Bertz CT molecular complexity index is 783. The van der Waals surface area contributed by atoms with Gasteiger partial charge in [-0.25, -0.2) is 0 Å². The van der Waals surface area contributed by atoms with Crippen LogP contribution in [0.3, 0.4) is 0 Å². The summed E-state index contributed by atoms with van der Waals surface area (Å²) in [7, 11) is 0. The van der Waals surface area contributed by atoms with Crippen LogP contribution in [0, 0.1) is 27.2 Å². The normalized spacial score (nSPS) is 10.5. The van der Waals surface area contributed by atoms with Crippen LogP contribution in [-0.2, 0) is 6.54 Å². The Hall–Kier alpha value is -3.01. The van der Waals surface area contributed by atoms with Gasteiger partial charge in [-0.2, -0.15) is 5.10 Å². The van der Waals surface area contributed by atoms with E-state index in [-0.39, 0.29) is 12.1 Å². The average molecular weight is 368 g/mol. The number of nitrogens with zero attached hydrogens (tertiary/aromatic N) is 4. The Morgan fingerprint density at radius 3 is 2.32 bits per heavy atom. The minimum atomic E-state index is -0.784. The van der Waals surface area contributed by atoms with Gasteiger partial charge in [0.05, 0.1) is 32.2 Å². The molecule has 0 atom stereocenters. The van der Waals surface area contributed by atoms with Gasteiger partial charge < -0.3 is 5.32 Å². The van der Waals surface area contributed by atoms with Gasteiger partial charge in [-0.05, 0) is 13.3 Å². The highest BCUT2D eigenvalue weighted by molar-refractivity contribution is 6.31. The van der Waals surface area contributed by atoms with Crippen molar-refractivity contribution in [3.8, 4) is 0 Å². The molecule has 2 aromatic rings. The van der Waals surface area contributed by atoms with E-state index in [4.69, 9.17) is 11.6 Å². The van der Waals surface area contributed by atoms with Crippen LogP contribution in [0.15, 0.2) is 24.4 Å². The summed E-state index contributed by atoms with van der Waals surface area (Å²) in [5.41, 5.74) is -0.462. The summed E-state index contributed by atoms with van der Waals surface area (Å²) in [4.78, 5) is 32.2. The molecule has 0 aliphatic carbocycles. The van der Waals surface area contributed by atoms with E-state index in [1.165, 1.54) is 0 Å². The highest BCUT2D eigenvalue weighted by atomic mass is 35.5. The minimum Gasteiger partial charge on any atom is -0.352 e. The second-order valence-electron chi connectivity index (χ2n) is 5.19. The van der Waals surface area contributed by atoms with Crippen molar-refractivity contribution in [3.05, 3.63) is 60.9 Å². The number of halogens is 1. The zero-order valence-corrected chi connectivity index (χ0v) is 13.9. The fourth-order valence-corrected chi connectivity index (χ4v) is 2.24. The van der Waals surface area contributed by atoms with Crippen molar-refractivity contribution in [1.29, 1.82) is 0 Å². The molecule has 11 heteroatoms. The number of carbonyl (C=O) groups is 1. The van der Waals surface area contributed by atoms with Crippen LogP contribution in [-0.4, -0.2) is 32.1 Å². The molecule has 1 heterocycles. The first-order valence-corrected chi connectivity index (χ1v) is 7.57. The average Bonchev–Trinajstić information content (AvgIpc) is 2.88. The summed E-state index contributed by atoms with van der Waals surface area (Å²) in [5.74, 6) is -0.624. The number of aromatic nitrogens is 2. The van der Waals surface area contributed by atoms with Crippen LogP contribution in [0.5, 0.6) is 0 Å². The summed E-state index contributed by atoms with van der Waals surface area (Å²) < 4.78 is 1.64. The van der Waals surface area contributed by atoms with Gasteiger partial charge in [0, 0.05) is 31.4 Å². The van der Waals surface area contributed by atoms with Crippen molar-refractivity contribution in [3.63, 3.8) is 0 Å². The molecule has 132 valence electrons. The number of nitro benzene ring substituents is 2. The maximum absolute atomic E-state index is 12.1. The van der Waals surface area contributed by atoms with E-state index in [0.717, 1.165) is 18.2 Å². The molecular formula is C14H14ClN5O5. The Morgan fingerprint density at radius 1 is 1.24 bits per heavy atom. The fourth-order valence-electron chi connectivity index (χ4n) is 2.09. The lowest BCUT2D eigenvalue weighted by molar-refractivity contribution is -0.394. The molecule has 0 radical (unpaired) electrons. The number of non-ortho nitro benzene ring substituents is 2. The number of amides is 1. The smallest absolute Gasteiger partial charge is 0.277 e. The van der Waals surface area contributed by atoms with Gasteiger partial charge in [0.25, 0.3) is 17.3 Å². The molecule has 0 aliphatic heterocycles. The standard InChI is InChI=1S/C14H14ClN5O5/c1-9-13(15)8-18(17-9)4-2-3-16-14(21)10-5-11(19(22)23)7-12(6-10)20(24)25/h5-8H,2-4H2,1H3,(H,16,21). The van der Waals surface area contributed by atoms with Gasteiger partial charge in [0.1, 0.15) is 0 Å². The molecule has 1 amide bonds. The molecule has 25 heavy (non-hydrogen) atoms. The van der Waals surface area contributed by atoms with Gasteiger partial charge >= 0.3 is 0 Å². The first-order valence-electron chi connectivity index (χ1n) is 7.19. The van der Waals surface area contributed by atoms with Crippen LogP contribution < -0.4 is 5.32 Å². The predicted octanol–water partition coefficient (Wildman–Crippen LogP) is 2.48. The quantitative estimate of drug-likeness (QED) is 0.454. The van der Waals surface area contributed by atoms with Crippen molar-refractivity contribution >= 4 is 28.9 Å². The van der Waals surface area contributed by atoms with Crippen LogP contribution in [0.4, 0.5) is 11.4 Å². The molecule has 1 aromatic carbocycles. The van der Waals surface area contributed by atoms with E-state index in [1.54, 1.807) is 17.8 Å². The molecule has 1 N–H and O–H groups in total. The Labute approximate surface area is 146 Å². The van der Waals surface area contributed by atoms with E-state index in [2.05, 4.69) is 10.4 Å². The van der Waals surface area contributed by atoms with Crippen molar-refractivity contribution in [1.82, 2.24) is 15.1 Å². The first-order chi connectivity index (χ1) is 11.8. The molecule has 2 rings (SSSR count). The highest BCUT2D eigenvalue weighted by Crippen LogP contribution is 2.22. The van der Waals surface area contributed by atoms with Gasteiger partial charge in [0.2, 0.25) is 0 Å². The summed E-state index contributed by atoms with van der Waals surface area (Å²) >= 11 is 5.89. The second kappa shape index (κ2) is 7.71. The van der Waals surface area contributed by atoms with Gasteiger partial charge in [-0.15, -0.1) is 0 Å². The molecule has 0 saturated carbocycles. The molecule has 0 unspecified atom stereocenters. The van der Waals surface area contributed by atoms with Gasteiger partial charge in [0.15, 0.2) is 0 Å². The zero-order valence-electron chi connectivity index (χ0n) is 13.1. The zero-order chi connectivity index (χ0) is 18.6. The highest BCUT2D eigenvalue weighted by Gasteiger charge is 2.19. The lowest BCUT2D eigenvalue weighted by Crippen LogP contribution is -2.25. The van der Waals surface area contributed by atoms with Crippen LogP contribution in [0.2, 0.25) is 5.02 Å². The molecule has 0 saturated heterocycles. The first kappa shape index (κ1) is 18.3. The fraction of sp³-hybridized carbons (Fsp3) is 0.286. The van der Waals surface area contributed by atoms with Crippen LogP contribution in [0.1, 0.15) is 22.5 Å². The van der Waals surface area contributed by atoms with Crippen molar-refractivity contribution in [2.45, 2.75) is 19.9 Å². The molecular weight excluding hydrogens is 354 g/mol. The molecule has 0 spiro atoms. The van der Waals surface area contributed by atoms with E-state index < -0.39 is 27.1 Å². The van der Waals surface area contributed by atoms with Crippen molar-refractivity contribution in [2.75, 3.05) is 6.54 Å². The third-order valence-corrected chi connectivity index (χ3v) is 3.69. The summed E-state index contributed by atoms with van der Waals surface area (Å²) in [6.45, 7) is 2.56. The van der Waals surface area contributed by atoms with E-state index in [1.807, 2.05) is 0 Å². The van der Waals surface area contributed by atoms with Crippen LogP contribution >= 0.6 is 11.6 Å². The summed E-state index contributed by atoms with van der Waals surface area (Å²) in [6.07, 6.45) is 2.21. The maximum atomic E-state index is 12.1. The number of nitro groups is 2. The van der Waals surface area contributed by atoms with E-state index >= 15 is 0 Å². The number of benzene rings is 1. The number of rotatable bonds is 7. The third kappa shape index (κ3) is 4.73. The molecule has 0 bridgehead atoms. The monoisotopic (exact) mass is 367 g/mol. The lowest BCUT2D eigenvalue weighted by Gasteiger charge is -2.06. The SMILES string of the molecule is Cc1nn(CCCNC(=O)c2cc([N+](=O)[O-])cc([N+](=O)[O-])c2)cc1Cl. The van der Waals surface area contributed by atoms with E-state index in [0.29, 0.717) is 23.7 Å². The largest absolute Gasteiger partial charge is 0.352 e. The van der Waals surface area contributed by atoms with Crippen molar-refractivity contribution in [2.24, 2.45) is 0 Å². The second-order valence-corrected chi connectivity index (χ2v) is 5.59. The van der Waals surface area contributed by atoms with E-state index in [9.17, 15) is 25.0 Å². The summed E-state index contributed by atoms with van der Waals surface area (Å²) in [5, 5.41) is 28.9. The maximum Gasteiger partial charge on any atom is 0.277 e. The lowest BCUT2D eigenvalue weighted by atomic mass is 10.1. The third-order valence-electron chi connectivity index (χ3n) is 3.32. The number of carbonyl (C=O) groups excluding carboxylic acids is 1. The van der Waals surface area contributed by atoms with Gasteiger partial charge in [-0.3, -0.25) is 29.7 Å². The van der Waals surface area contributed by atoms with Gasteiger partial charge in [-0.1, -0.05) is 11.6 Å². The Morgan fingerprint density at radius 2 is 1.84 bits per heavy atom. The molecule has 1 aromatic heterocycles. The van der Waals surface area contributed by atoms with Crippen LogP contribution in [0.25, 0.3) is 0 Å². The molecule has 0 fully saturated rings. The summed E-state index contributed by atoms with van der Waals surface area (Å²) in [6, 6.07) is 2.80. The Kier molecular flexibility index (Phi) is 5.65. The topological polar surface area (TPSA) is 133 Å².